The smallest absolute Gasteiger partial charge is 0.209 e. The Balaban J connectivity index is 1.97. The predicted octanol–water partition coefficient (Wildman–Crippen LogP) is 1.88. The molecule has 0 spiro atoms. The number of hydrogen-bond donors (Lipinski definition) is 0. The van der Waals surface area contributed by atoms with Gasteiger partial charge in [0.1, 0.15) is 5.82 Å². The van der Waals surface area contributed by atoms with Crippen molar-refractivity contribution in [1.29, 1.82) is 0 Å². The highest BCUT2D eigenvalue weighted by atomic mass is 19.1. The van der Waals surface area contributed by atoms with Crippen molar-refractivity contribution in [3.63, 3.8) is 0 Å². The molecule has 1 aromatic carbocycles. The van der Waals surface area contributed by atoms with Crippen molar-refractivity contribution in [2.24, 2.45) is 0 Å². The van der Waals surface area contributed by atoms with Crippen LogP contribution in [0.15, 0.2) is 24.3 Å². The average Bonchev–Trinajstić information content (AvgIpc) is 2.40. The molecule has 0 aliphatic carbocycles. The molecule has 1 heterocycles. The Morgan fingerprint density at radius 1 is 1.16 bits per heavy atom. The van der Waals surface area contributed by atoms with Crippen LogP contribution in [-0.2, 0) is 10.2 Å². The molecule has 1 saturated heterocycles. The number of hydrogen-bond acceptors (Lipinski definition) is 2. The number of amides is 1. The summed E-state index contributed by atoms with van der Waals surface area (Å²) in [4.78, 5) is 14.8. The van der Waals surface area contributed by atoms with Crippen molar-refractivity contribution in [2.75, 3.05) is 32.7 Å². The van der Waals surface area contributed by atoms with Gasteiger partial charge < -0.3 is 4.90 Å². The van der Waals surface area contributed by atoms with Gasteiger partial charge >= 0.3 is 0 Å². The zero-order chi connectivity index (χ0) is 13.9. The standard InChI is InChI=1S/C15H21FN2O/c1-15(2,13-3-5-14(16)6-4-13)11-17-7-9-18(12-19)10-8-17/h3-6,12H,7-11H2,1-2H3. The summed E-state index contributed by atoms with van der Waals surface area (Å²) in [5, 5.41) is 0. The van der Waals surface area contributed by atoms with Gasteiger partial charge in [-0.3, -0.25) is 9.69 Å². The lowest BCUT2D eigenvalue weighted by molar-refractivity contribution is -0.119. The van der Waals surface area contributed by atoms with Crippen LogP contribution in [0.5, 0.6) is 0 Å². The molecule has 4 heteroatoms. The third kappa shape index (κ3) is 3.53. The second-order valence-electron chi connectivity index (χ2n) is 5.81. The van der Waals surface area contributed by atoms with E-state index in [1.807, 2.05) is 12.1 Å². The van der Waals surface area contributed by atoms with Gasteiger partial charge in [-0.2, -0.15) is 0 Å². The predicted molar refractivity (Wildman–Crippen MR) is 73.5 cm³/mol. The summed E-state index contributed by atoms with van der Waals surface area (Å²) in [6, 6.07) is 6.75. The second kappa shape index (κ2) is 5.70. The number of carbonyl (C=O) groups is 1. The van der Waals surface area contributed by atoms with Gasteiger partial charge in [0.25, 0.3) is 0 Å². The molecule has 19 heavy (non-hydrogen) atoms. The number of carbonyl (C=O) groups excluding carboxylic acids is 1. The zero-order valence-corrected chi connectivity index (χ0v) is 11.6. The van der Waals surface area contributed by atoms with Crippen LogP contribution in [0.3, 0.4) is 0 Å². The molecule has 1 amide bonds. The van der Waals surface area contributed by atoms with Crippen molar-refractivity contribution in [2.45, 2.75) is 19.3 Å². The van der Waals surface area contributed by atoms with Crippen molar-refractivity contribution in [1.82, 2.24) is 9.80 Å². The largest absolute Gasteiger partial charge is 0.343 e. The lowest BCUT2D eigenvalue weighted by Crippen LogP contribution is -2.49. The van der Waals surface area contributed by atoms with Gasteiger partial charge in [0.15, 0.2) is 0 Å². The van der Waals surface area contributed by atoms with E-state index >= 15 is 0 Å². The van der Waals surface area contributed by atoms with E-state index in [-0.39, 0.29) is 11.2 Å². The molecular weight excluding hydrogens is 243 g/mol. The van der Waals surface area contributed by atoms with Crippen LogP contribution < -0.4 is 0 Å². The Morgan fingerprint density at radius 3 is 2.26 bits per heavy atom. The quantitative estimate of drug-likeness (QED) is 0.775. The fourth-order valence-corrected chi connectivity index (χ4v) is 2.58. The highest BCUT2D eigenvalue weighted by Gasteiger charge is 2.26. The van der Waals surface area contributed by atoms with E-state index in [9.17, 15) is 9.18 Å². The Kier molecular flexibility index (Phi) is 4.20. The fraction of sp³-hybridized carbons (Fsp3) is 0.533. The molecule has 0 unspecified atom stereocenters. The molecular formula is C15H21FN2O. The van der Waals surface area contributed by atoms with Crippen LogP contribution in [0.25, 0.3) is 0 Å². The molecule has 2 rings (SSSR count). The molecule has 0 radical (unpaired) electrons. The van der Waals surface area contributed by atoms with Crippen LogP contribution in [0, 0.1) is 5.82 Å². The maximum absolute atomic E-state index is 13.0. The fourth-order valence-electron chi connectivity index (χ4n) is 2.58. The minimum Gasteiger partial charge on any atom is -0.343 e. The van der Waals surface area contributed by atoms with Gasteiger partial charge in [0, 0.05) is 38.1 Å². The number of benzene rings is 1. The summed E-state index contributed by atoms with van der Waals surface area (Å²) in [7, 11) is 0. The number of halogens is 1. The molecule has 1 aromatic rings. The van der Waals surface area contributed by atoms with E-state index < -0.39 is 0 Å². The first-order valence-electron chi connectivity index (χ1n) is 6.69. The molecule has 0 saturated carbocycles. The van der Waals surface area contributed by atoms with E-state index in [0.717, 1.165) is 44.7 Å². The van der Waals surface area contributed by atoms with E-state index in [1.54, 1.807) is 4.90 Å². The summed E-state index contributed by atoms with van der Waals surface area (Å²) in [6.07, 6.45) is 0.919. The van der Waals surface area contributed by atoms with Gasteiger partial charge in [-0.25, -0.2) is 4.39 Å². The molecule has 104 valence electrons. The van der Waals surface area contributed by atoms with E-state index in [0.29, 0.717) is 0 Å². The van der Waals surface area contributed by atoms with Crippen molar-refractivity contribution in [3.05, 3.63) is 35.6 Å². The first-order valence-corrected chi connectivity index (χ1v) is 6.69. The lowest BCUT2D eigenvalue weighted by Gasteiger charge is -2.38. The van der Waals surface area contributed by atoms with E-state index in [4.69, 9.17) is 0 Å². The maximum atomic E-state index is 13.0. The lowest BCUT2D eigenvalue weighted by atomic mass is 9.84. The number of rotatable bonds is 4. The summed E-state index contributed by atoms with van der Waals surface area (Å²) >= 11 is 0. The summed E-state index contributed by atoms with van der Waals surface area (Å²) in [5.74, 6) is -0.195. The first kappa shape index (κ1) is 14.0. The molecule has 1 aliphatic heterocycles. The Labute approximate surface area is 114 Å². The van der Waals surface area contributed by atoms with Gasteiger partial charge in [-0.05, 0) is 17.7 Å². The molecule has 1 aliphatic rings. The minimum atomic E-state index is -0.195. The van der Waals surface area contributed by atoms with Gasteiger partial charge in [-0.1, -0.05) is 26.0 Å². The maximum Gasteiger partial charge on any atom is 0.209 e. The number of piperazine rings is 1. The Hall–Kier alpha value is -1.42. The highest BCUT2D eigenvalue weighted by Crippen LogP contribution is 2.25. The normalized spacial score (nSPS) is 17.5. The van der Waals surface area contributed by atoms with Crippen molar-refractivity contribution in [3.8, 4) is 0 Å². The Bertz CT molecular complexity index is 422. The number of nitrogens with zero attached hydrogens (tertiary/aromatic N) is 2. The van der Waals surface area contributed by atoms with Crippen LogP contribution in [-0.4, -0.2) is 48.9 Å². The van der Waals surface area contributed by atoms with Crippen molar-refractivity contribution >= 4 is 6.41 Å². The van der Waals surface area contributed by atoms with Gasteiger partial charge in [-0.15, -0.1) is 0 Å². The zero-order valence-electron chi connectivity index (χ0n) is 11.6. The van der Waals surface area contributed by atoms with Crippen LogP contribution in [0.2, 0.25) is 0 Å². The molecule has 1 fully saturated rings. The third-order valence-electron chi connectivity index (χ3n) is 3.80. The van der Waals surface area contributed by atoms with Gasteiger partial charge in [0.05, 0.1) is 0 Å². The SMILES string of the molecule is CC(C)(CN1CCN(C=O)CC1)c1ccc(F)cc1. The highest BCUT2D eigenvalue weighted by molar-refractivity contribution is 5.47. The van der Waals surface area contributed by atoms with Gasteiger partial charge in [0.2, 0.25) is 6.41 Å². The summed E-state index contributed by atoms with van der Waals surface area (Å²) in [6.45, 7) is 8.67. The topological polar surface area (TPSA) is 23.6 Å². The molecule has 3 nitrogen and oxygen atoms in total. The molecule has 0 N–H and O–H groups in total. The molecule has 0 aromatic heterocycles. The van der Waals surface area contributed by atoms with E-state index in [1.165, 1.54) is 12.1 Å². The van der Waals surface area contributed by atoms with Crippen LogP contribution in [0.1, 0.15) is 19.4 Å². The minimum absolute atomic E-state index is 0.0168. The third-order valence-corrected chi connectivity index (χ3v) is 3.80. The van der Waals surface area contributed by atoms with Crippen LogP contribution >= 0.6 is 0 Å². The van der Waals surface area contributed by atoms with E-state index in [2.05, 4.69) is 18.7 Å². The molecule has 0 bridgehead atoms. The van der Waals surface area contributed by atoms with Crippen molar-refractivity contribution < 1.29 is 9.18 Å². The monoisotopic (exact) mass is 264 g/mol. The molecule has 0 atom stereocenters. The van der Waals surface area contributed by atoms with Crippen LogP contribution in [0.4, 0.5) is 4.39 Å². The summed E-state index contributed by atoms with van der Waals surface area (Å²) in [5.41, 5.74) is 1.13. The first-order chi connectivity index (χ1) is 9.01. The second-order valence-corrected chi connectivity index (χ2v) is 5.81. The summed E-state index contributed by atoms with van der Waals surface area (Å²) < 4.78 is 13.0. The Morgan fingerprint density at radius 2 is 1.74 bits per heavy atom. The average molecular weight is 264 g/mol.